The molecular formula is C19H15NO4. The first kappa shape index (κ1) is 14.4. The maximum Gasteiger partial charge on any atom is 0.345 e. The van der Waals surface area contributed by atoms with E-state index in [1.54, 1.807) is 25.3 Å². The van der Waals surface area contributed by atoms with Gasteiger partial charge in [0.25, 0.3) is 0 Å². The second kappa shape index (κ2) is 5.45. The van der Waals surface area contributed by atoms with E-state index in [-0.39, 0.29) is 0 Å². The lowest BCUT2D eigenvalue weighted by Crippen LogP contribution is -2.12. The maximum atomic E-state index is 12.5. The molecule has 1 aliphatic rings. The Morgan fingerprint density at radius 2 is 1.71 bits per heavy atom. The number of esters is 1. The van der Waals surface area contributed by atoms with Crippen molar-refractivity contribution >= 4 is 23.2 Å². The zero-order valence-electron chi connectivity index (χ0n) is 13.3. The zero-order valence-corrected chi connectivity index (χ0v) is 13.3. The molecule has 0 aliphatic carbocycles. The van der Waals surface area contributed by atoms with Crippen molar-refractivity contribution in [2.75, 3.05) is 12.0 Å². The number of carbonyl (C=O) groups is 1. The molecule has 1 aliphatic heterocycles. The zero-order chi connectivity index (χ0) is 16.7. The fourth-order valence-electron chi connectivity index (χ4n) is 2.87. The molecule has 5 heteroatoms. The lowest BCUT2D eigenvalue weighted by atomic mass is 10.1. The third kappa shape index (κ3) is 2.13. The number of aryl methyl sites for hydroxylation is 1. The normalized spacial score (nSPS) is 12.9. The molecule has 3 aromatic rings. The number of benzene rings is 2. The Morgan fingerprint density at radius 3 is 2.50 bits per heavy atom. The predicted octanol–water partition coefficient (Wildman–Crippen LogP) is 4.60. The number of furan rings is 1. The molecule has 4 rings (SSSR count). The molecule has 0 unspecified atom stereocenters. The number of rotatable bonds is 2. The van der Waals surface area contributed by atoms with Gasteiger partial charge in [0.15, 0.2) is 5.75 Å². The van der Waals surface area contributed by atoms with E-state index in [1.807, 2.05) is 48.2 Å². The van der Waals surface area contributed by atoms with E-state index in [0.717, 1.165) is 5.69 Å². The number of hydrogen-bond donors (Lipinski definition) is 0. The third-order valence-corrected chi connectivity index (χ3v) is 3.90. The van der Waals surface area contributed by atoms with Crippen LogP contribution in [0.3, 0.4) is 0 Å². The summed E-state index contributed by atoms with van der Waals surface area (Å²) in [5.74, 6) is 1.76. The van der Waals surface area contributed by atoms with Gasteiger partial charge in [0, 0.05) is 6.07 Å². The molecule has 2 aromatic carbocycles. The van der Waals surface area contributed by atoms with E-state index in [1.165, 1.54) is 0 Å². The van der Waals surface area contributed by atoms with Crippen LogP contribution in [-0.4, -0.2) is 13.1 Å². The second-order valence-corrected chi connectivity index (χ2v) is 5.44. The van der Waals surface area contributed by atoms with Gasteiger partial charge in [-0.05, 0) is 31.2 Å². The van der Waals surface area contributed by atoms with Gasteiger partial charge in [-0.15, -0.1) is 0 Å². The predicted molar refractivity (Wildman–Crippen MR) is 89.6 cm³/mol. The average molecular weight is 321 g/mol. The summed E-state index contributed by atoms with van der Waals surface area (Å²) in [5, 5.41) is 0. The third-order valence-electron chi connectivity index (χ3n) is 3.90. The maximum absolute atomic E-state index is 12.5. The van der Waals surface area contributed by atoms with Crippen molar-refractivity contribution in [2.24, 2.45) is 0 Å². The molecule has 0 N–H and O–H groups in total. The van der Waals surface area contributed by atoms with Crippen LogP contribution in [0.2, 0.25) is 0 Å². The minimum atomic E-state index is -0.412. The van der Waals surface area contributed by atoms with Crippen LogP contribution in [0, 0.1) is 6.92 Å². The molecule has 0 spiro atoms. The van der Waals surface area contributed by atoms with Crippen molar-refractivity contribution in [3.05, 3.63) is 65.9 Å². The highest BCUT2D eigenvalue weighted by Gasteiger charge is 2.32. The molecule has 0 bridgehead atoms. The van der Waals surface area contributed by atoms with Gasteiger partial charge < -0.3 is 13.9 Å². The van der Waals surface area contributed by atoms with Crippen molar-refractivity contribution in [1.82, 2.24) is 0 Å². The Kier molecular flexibility index (Phi) is 3.27. The molecule has 0 radical (unpaired) electrons. The van der Waals surface area contributed by atoms with Crippen LogP contribution in [0.5, 0.6) is 11.5 Å². The van der Waals surface area contributed by atoms with Crippen molar-refractivity contribution in [2.45, 2.75) is 6.92 Å². The Labute approximate surface area is 139 Å². The number of hydrogen-bond acceptors (Lipinski definition) is 5. The van der Waals surface area contributed by atoms with Crippen LogP contribution < -0.4 is 14.4 Å². The fourth-order valence-corrected chi connectivity index (χ4v) is 2.87. The summed E-state index contributed by atoms with van der Waals surface area (Å²) in [4.78, 5) is 14.3. The largest absolute Gasteiger partial charge is 0.495 e. The van der Waals surface area contributed by atoms with Crippen LogP contribution in [0.25, 0.3) is 0 Å². The van der Waals surface area contributed by atoms with Crippen LogP contribution in [0.4, 0.5) is 17.3 Å². The van der Waals surface area contributed by atoms with E-state index < -0.39 is 5.97 Å². The molecule has 2 heterocycles. The highest BCUT2D eigenvalue weighted by atomic mass is 16.5. The molecule has 0 amide bonds. The van der Waals surface area contributed by atoms with E-state index in [0.29, 0.717) is 34.4 Å². The van der Waals surface area contributed by atoms with Crippen LogP contribution >= 0.6 is 0 Å². The van der Waals surface area contributed by atoms with Gasteiger partial charge in [0.2, 0.25) is 5.88 Å². The number of para-hydroxylation sites is 3. The number of carbonyl (C=O) groups excluding carboxylic acids is 1. The summed E-state index contributed by atoms with van der Waals surface area (Å²) in [6, 6.07) is 16.5. The van der Waals surface area contributed by atoms with E-state index in [9.17, 15) is 4.79 Å². The Morgan fingerprint density at radius 1 is 1.00 bits per heavy atom. The SMILES string of the molecule is COc1ccccc1N1c2ccccc2C(=O)Oc2cc(C)oc21. The van der Waals surface area contributed by atoms with Gasteiger partial charge in [0.05, 0.1) is 24.0 Å². The van der Waals surface area contributed by atoms with E-state index >= 15 is 0 Å². The molecule has 0 saturated carbocycles. The topological polar surface area (TPSA) is 51.9 Å². The number of ether oxygens (including phenoxy) is 2. The van der Waals surface area contributed by atoms with Gasteiger partial charge >= 0.3 is 5.97 Å². The molecule has 24 heavy (non-hydrogen) atoms. The fraction of sp³-hybridized carbons (Fsp3) is 0.105. The minimum Gasteiger partial charge on any atom is -0.495 e. The molecule has 120 valence electrons. The second-order valence-electron chi connectivity index (χ2n) is 5.44. The van der Waals surface area contributed by atoms with Crippen LogP contribution in [0.15, 0.2) is 59.0 Å². The van der Waals surface area contributed by atoms with Crippen LogP contribution in [-0.2, 0) is 0 Å². The Bertz CT molecular complexity index is 929. The van der Waals surface area contributed by atoms with Gasteiger partial charge in [-0.2, -0.15) is 0 Å². The Hall–Kier alpha value is -3.21. The summed E-state index contributed by atoms with van der Waals surface area (Å²) in [6.07, 6.45) is 0. The molecule has 0 fully saturated rings. The standard InChI is InChI=1S/C19H15NO4/c1-12-11-17-18(23-12)20(15-9-5-6-10-16(15)22-2)14-8-4-3-7-13(14)19(21)24-17/h3-11H,1-2H3. The summed E-state index contributed by atoms with van der Waals surface area (Å²) in [5.41, 5.74) is 1.91. The van der Waals surface area contributed by atoms with Gasteiger partial charge in [0.1, 0.15) is 11.5 Å². The first-order valence-corrected chi connectivity index (χ1v) is 7.54. The number of methoxy groups -OCH3 is 1. The number of fused-ring (bicyclic) bond motifs is 2. The highest BCUT2D eigenvalue weighted by molar-refractivity contribution is 6.02. The van der Waals surface area contributed by atoms with Crippen molar-refractivity contribution < 1.29 is 18.7 Å². The first-order chi connectivity index (χ1) is 11.7. The Balaban J connectivity index is 2.04. The number of nitrogens with zero attached hydrogens (tertiary/aromatic N) is 1. The van der Waals surface area contributed by atoms with Crippen molar-refractivity contribution in [1.29, 1.82) is 0 Å². The smallest absolute Gasteiger partial charge is 0.345 e. The van der Waals surface area contributed by atoms with Gasteiger partial charge in [-0.1, -0.05) is 24.3 Å². The highest BCUT2D eigenvalue weighted by Crippen LogP contribution is 2.48. The average Bonchev–Trinajstić information content (AvgIpc) is 2.91. The molecule has 1 aromatic heterocycles. The monoisotopic (exact) mass is 321 g/mol. The van der Waals surface area contributed by atoms with Crippen molar-refractivity contribution in [3.63, 3.8) is 0 Å². The molecule has 5 nitrogen and oxygen atoms in total. The molecule has 0 atom stereocenters. The summed E-state index contributed by atoms with van der Waals surface area (Å²) >= 11 is 0. The van der Waals surface area contributed by atoms with E-state index in [4.69, 9.17) is 13.9 Å². The summed E-state index contributed by atoms with van der Waals surface area (Å²) in [6.45, 7) is 1.81. The summed E-state index contributed by atoms with van der Waals surface area (Å²) in [7, 11) is 1.61. The summed E-state index contributed by atoms with van der Waals surface area (Å²) < 4.78 is 16.9. The first-order valence-electron chi connectivity index (χ1n) is 7.54. The quantitative estimate of drug-likeness (QED) is 0.646. The van der Waals surface area contributed by atoms with Crippen molar-refractivity contribution in [3.8, 4) is 11.5 Å². The minimum absolute atomic E-state index is 0.389. The van der Waals surface area contributed by atoms with Gasteiger partial charge in [-0.25, -0.2) is 4.79 Å². The van der Waals surface area contributed by atoms with Crippen LogP contribution in [0.1, 0.15) is 16.1 Å². The molecule has 0 saturated heterocycles. The van der Waals surface area contributed by atoms with E-state index in [2.05, 4.69) is 0 Å². The molecular weight excluding hydrogens is 306 g/mol. The lowest BCUT2D eigenvalue weighted by molar-refractivity contribution is 0.0738. The lowest BCUT2D eigenvalue weighted by Gasteiger charge is -2.24. The van der Waals surface area contributed by atoms with Gasteiger partial charge in [-0.3, -0.25) is 4.90 Å². The number of anilines is 3.